The Balaban J connectivity index is 1.64. The standard InChI is InChI=1S/C16H26N2O3/c1-16(15(20)21)7-4-8-18(10-16)14(19)13-9-11-5-2-3-6-12(11)17-13/h11-13,17H,2-10H2,1H3,(H,20,21). The van der Waals surface area contributed by atoms with E-state index in [9.17, 15) is 14.7 Å². The Morgan fingerprint density at radius 3 is 2.71 bits per heavy atom. The molecule has 1 amide bonds. The number of likely N-dealkylation sites (tertiary alicyclic amines) is 1. The zero-order chi connectivity index (χ0) is 15.0. The molecule has 3 fully saturated rings. The van der Waals surface area contributed by atoms with Gasteiger partial charge in [0.25, 0.3) is 0 Å². The number of carboxylic acid groups (broad SMARTS) is 1. The first-order valence-electron chi connectivity index (χ1n) is 8.28. The Morgan fingerprint density at radius 2 is 2.00 bits per heavy atom. The van der Waals surface area contributed by atoms with Crippen LogP contribution in [0.3, 0.4) is 0 Å². The maximum absolute atomic E-state index is 12.7. The van der Waals surface area contributed by atoms with Gasteiger partial charge in [-0.15, -0.1) is 0 Å². The minimum absolute atomic E-state index is 0.0887. The summed E-state index contributed by atoms with van der Waals surface area (Å²) in [4.78, 5) is 25.9. The van der Waals surface area contributed by atoms with E-state index in [4.69, 9.17) is 0 Å². The molecule has 3 rings (SSSR count). The molecule has 21 heavy (non-hydrogen) atoms. The van der Waals surface area contributed by atoms with Crippen molar-refractivity contribution in [2.75, 3.05) is 13.1 Å². The number of aliphatic carboxylic acids is 1. The minimum Gasteiger partial charge on any atom is -0.481 e. The van der Waals surface area contributed by atoms with Gasteiger partial charge < -0.3 is 15.3 Å². The van der Waals surface area contributed by atoms with Crippen LogP contribution in [-0.2, 0) is 9.59 Å². The Morgan fingerprint density at radius 1 is 1.24 bits per heavy atom. The highest BCUT2D eigenvalue weighted by Crippen LogP contribution is 2.35. The van der Waals surface area contributed by atoms with Gasteiger partial charge in [0.15, 0.2) is 0 Å². The van der Waals surface area contributed by atoms with E-state index in [1.165, 1.54) is 25.7 Å². The lowest BCUT2D eigenvalue weighted by molar-refractivity contribution is -0.153. The van der Waals surface area contributed by atoms with Gasteiger partial charge in [-0.1, -0.05) is 12.8 Å². The molecule has 2 saturated heterocycles. The summed E-state index contributed by atoms with van der Waals surface area (Å²) in [6.07, 6.45) is 7.34. The van der Waals surface area contributed by atoms with E-state index in [0.717, 1.165) is 12.8 Å². The Labute approximate surface area is 126 Å². The zero-order valence-corrected chi connectivity index (χ0v) is 12.8. The maximum Gasteiger partial charge on any atom is 0.311 e. The molecule has 2 aliphatic heterocycles. The first kappa shape index (κ1) is 14.8. The van der Waals surface area contributed by atoms with Gasteiger partial charge >= 0.3 is 5.97 Å². The molecule has 0 radical (unpaired) electrons. The van der Waals surface area contributed by atoms with Gasteiger partial charge in [-0.25, -0.2) is 0 Å². The van der Waals surface area contributed by atoms with Crippen molar-refractivity contribution in [3.05, 3.63) is 0 Å². The number of fused-ring (bicyclic) bond motifs is 1. The van der Waals surface area contributed by atoms with Crippen molar-refractivity contribution in [1.82, 2.24) is 10.2 Å². The van der Waals surface area contributed by atoms with Crippen LogP contribution in [0.1, 0.15) is 51.9 Å². The molecular weight excluding hydrogens is 268 g/mol. The molecule has 5 heteroatoms. The van der Waals surface area contributed by atoms with E-state index in [1.54, 1.807) is 11.8 Å². The lowest BCUT2D eigenvalue weighted by Crippen LogP contribution is -2.53. The van der Waals surface area contributed by atoms with Crippen molar-refractivity contribution in [1.29, 1.82) is 0 Å². The second-order valence-corrected chi connectivity index (χ2v) is 7.34. The van der Waals surface area contributed by atoms with Crippen LogP contribution in [0.15, 0.2) is 0 Å². The second kappa shape index (κ2) is 5.59. The summed E-state index contributed by atoms with van der Waals surface area (Å²) >= 11 is 0. The summed E-state index contributed by atoms with van der Waals surface area (Å²) in [5.41, 5.74) is -0.778. The molecule has 0 aromatic carbocycles. The van der Waals surface area contributed by atoms with Crippen LogP contribution < -0.4 is 5.32 Å². The number of hydrogen-bond acceptors (Lipinski definition) is 3. The molecule has 0 bridgehead atoms. The molecule has 0 spiro atoms. The van der Waals surface area contributed by atoms with Gasteiger partial charge in [0.2, 0.25) is 5.91 Å². The van der Waals surface area contributed by atoms with Gasteiger partial charge in [-0.3, -0.25) is 9.59 Å². The van der Waals surface area contributed by atoms with Crippen molar-refractivity contribution in [3.63, 3.8) is 0 Å². The number of nitrogens with zero attached hydrogens (tertiary/aromatic N) is 1. The van der Waals surface area contributed by atoms with E-state index in [2.05, 4.69) is 5.32 Å². The molecular formula is C16H26N2O3. The molecule has 118 valence electrons. The first-order valence-corrected chi connectivity index (χ1v) is 8.28. The van der Waals surface area contributed by atoms with Gasteiger partial charge in [0.1, 0.15) is 0 Å². The highest BCUT2D eigenvalue weighted by molar-refractivity contribution is 5.84. The van der Waals surface area contributed by atoms with E-state index in [-0.39, 0.29) is 11.9 Å². The van der Waals surface area contributed by atoms with Crippen molar-refractivity contribution >= 4 is 11.9 Å². The highest BCUT2D eigenvalue weighted by Gasteiger charge is 2.44. The average molecular weight is 294 g/mol. The molecule has 2 N–H and O–H groups in total. The third kappa shape index (κ3) is 2.80. The third-order valence-corrected chi connectivity index (χ3v) is 5.69. The predicted octanol–water partition coefficient (Wildman–Crippen LogP) is 1.62. The van der Waals surface area contributed by atoms with Crippen molar-refractivity contribution in [2.24, 2.45) is 11.3 Å². The summed E-state index contributed by atoms with van der Waals surface area (Å²) in [6.45, 7) is 2.82. The van der Waals surface area contributed by atoms with E-state index < -0.39 is 11.4 Å². The van der Waals surface area contributed by atoms with Gasteiger partial charge in [-0.2, -0.15) is 0 Å². The first-order chi connectivity index (χ1) is 9.99. The smallest absolute Gasteiger partial charge is 0.311 e. The Hall–Kier alpha value is -1.10. The molecule has 3 aliphatic rings. The molecule has 1 aliphatic carbocycles. The maximum atomic E-state index is 12.7. The summed E-state index contributed by atoms with van der Waals surface area (Å²) in [7, 11) is 0. The number of nitrogens with one attached hydrogen (secondary N) is 1. The lowest BCUT2D eigenvalue weighted by Gasteiger charge is -2.38. The van der Waals surface area contributed by atoms with Crippen LogP contribution in [0.4, 0.5) is 0 Å². The van der Waals surface area contributed by atoms with Crippen molar-refractivity contribution in [2.45, 2.75) is 64.0 Å². The fourth-order valence-electron chi connectivity index (χ4n) is 4.33. The summed E-state index contributed by atoms with van der Waals surface area (Å²) in [5, 5.41) is 12.9. The number of amides is 1. The minimum atomic E-state index is -0.784. The zero-order valence-electron chi connectivity index (χ0n) is 12.8. The van der Waals surface area contributed by atoms with E-state index >= 15 is 0 Å². The van der Waals surface area contributed by atoms with Crippen molar-refractivity contribution < 1.29 is 14.7 Å². The quantitative estimate of drug-likeness (QED) is 0.812. The van der Waals surface area contributed by atoms with Crippen molar-refractivity contribution in [3.8, 4) is 0 Å². The normalized spacial score (nSPS) is 39.9. The number of hydrogen-bond donors (Lipinski definition) is 2. The summed E-state index contributed by atoms with van der Waals surface area (Å²) < 4.78 is 0. The SMILES string of the molecule is CC1(C(=O)O)CCCN(C(=O)C2CC3CCCCC3N2)C1. The van der Waals surface area contributed by atoms with Crippen LogP contribution in [0.2, 0.25) is 0 Å². The van der Waals surface area contributed by atoms with Crippen LogP contribution in [0, 0.1) is 11.3 Å². The molecule has 0 aromatic rings. The van der Waals surface area contributed by atoms with Crippen LogP contribution in [0.5, 0.6) is 0 Å². The van der Waals surface area contributed by atoms with Crippen LogP contribution in [0.25, 0.3) is 0 Å². The largest absolute Gasteiger partial charge is 0.481 e. The van der Waals surface area contributed by atoms with Crippen LogP contribution in [-0.4, -0.2) is 47.1 Å². The van der Waals surface area contributed by atoms with E-state index in [1.807, 2.05) is 0 Å². The second-order valence-electron chi connectivity index (χ2n) is 7.34. The summed E-state index contributed by atoms with van der Waals surface area (Å²) in [6, 6.07) is 0.414. The highest BCUT2D eigenvalue weighted by atomic mass is 16.4. The molecule has 4 atom stereocenters. The Kier molecular flexibility index (Phi) is 3.95. The number of carbonyl (C=O) groups is 2. The fraction of sp³-hybridized carbons (Fsp3) is 0.875. The number of rotatable bonds is 2. The third-order valence-electron chi connectivity index (χ3n) is 5.69. The number of piperidine rings is 1. The molecule has 0 aromatic heterocycles. The Bertz CT molecular complexity index is 425. The molecule has 4 unspecified atom stereocenters. The topological polar surface area (TPSA) is 69.6 Å². The van der Waals surface area contributed by atoms with E-state index in [0.29, 0.717) is 31.5 Å². The monoisotopic (exact) mass is 294 g/mol. The lowest BCUT2D eigenvalue weighted by atomic mass is 9.81. The summed E-state index contributed by atoms with van der Waals surface area (Å²) in [5.74, 6) is -0.0204. The molecule has 2 heterocycles. The van der Waals surface area contributed by atoms with Gasteiger partial charge in [0.05, 0.1) is 11.5 Å². The number of carbonyl (C=O) groups excluding carboxylic acids is 1. The molecule has 5 nitrogen and oxygen atoms in total. The average Bonchev–Trinajstić information content (AvgIpc) is 2.90. The van der Waals surface area contributed by atoms with Crippen LogP contribution >= 0.6 is 0 Å². The van der Waals surface area contributed by atoms with Gasteiger partial charge in [0, 0.05) is 19.1 Å². The molecule has 1 saturated carbocycles. The fourth-order valence-corrected chi connectivity index (χ4v) is 4.33. The number of carboxylic acids is 1. The van der Waals surface area contributed by atoms with Gasteiger partial charge in [-0.05, 0) is 44.9 Å². The predicted molar refractivity (Wildman–Crippen MR) is 78.8 cm³/mol.